The van der Waals surface area contributed by atoms with Gasteiger partial charge in [-0.15, -0.1) is 0 Å². The Kier molecular flexibility index (Phi) is 2.75. The predicted molar refractivity (Wildman–Crippen MR) is 62.5 cm³/mol. The second-order valence-electron chi connectivity index (χ2n) is 4.68. The molecule has 1 aromatic rings. The average molecular weight is 249 g/mol. The van der Waals surface area contributed by atoms with Crippen LogP contribution in [0.25, 0.3) is 0 Å². The van der Waals surface area contributed by atoms with Crippen LogP contribution >= 0.6 is 0 Å². The lowest BCUT2D eigenvalue weighted by Crippen LogP contribution is -2.50. The number of hydrogen-bond donors (Lipinski definition) is 4. The fourth-order valence-electron chi connectivity index (χ4n) is 2.36. The summed E-state index contributed by atoms with van der Waals surface area (Å²) in [5.74, 6) is -0.0726. The summed E-state index contributed by atoms with van der Waals surface area (Å²) in [6, 6.07) is -0.358. The van der Waals surface area contributed by atoms with Crippen LogP contribution in [0.15, 0.2) is 6.33 Å². The number of imidazole rings is 1. The average Bonchev–Trinajstić information content (AvgIpc) is 2.96. The Hall–Kier alpha value is -1.89. The maximum Gasteiger partial charge on any atom is 0.237 e. The van der Waals surface area contributed by atoms with Gasteiger partial charge in [0, 0.05) is 25.9 Å². The van der Waals surface area contributed by atoms with Gasteiger partial charge in [0.1, 0.15) is 0 Å². The number of carbonyl (C=O) groups is 2. The van der Waals surface area contributed by atoms with Crippen LogP contribution < -0.4 is 16.0 Å². The molecule has 0 bridgehead atoms. The lowest BCUT2D eigenvalue weighted by Gasteiger charge is -2.23. The third kappa shape index (κ3) is 2.08. The predicted octanol–water partition coefficient (Wildman–Crippen LogP) is -1.57. The molecular formula is C11H15N5O2. The maximum atomic E-state index is 12.0. The summed E-state index contributed by atoms with van der Waals surface area (Å²) in [5, 5.41) is 8.73. The molecule has 0 aromatic carbocycles. The quantitative estimate of drug-likeness (QED) is 0.509. The van der Waals surface area contributed by atoms with Crippen LogP contribution in [0.2, 0.25) is 0 Å². The zero-order valence-corrected chi connectivity index (χ0v) is 9.82. The van der Waals surface area contributed by atoms with Crippen LogP contribution in [0.1, 0.15) is 17.8 Å². The summed E-state index contributed by atoms with van der Waals surface area (Å²) in [7, 11) is 0. The van der Waals surface area contributed by atoms with Gasteiger partial charge in [-0.2, -0.15) is 0 Å². The van der Waals surface area contributed by atoms with Crippen molar-refractivity contribution in [1.82, 2.24) is 25.9 Å². The zero-order valence-electron chi connectivity index (χ0n) is 9.82. The number of fused-ring (bicyclic) bond motifs is 1. The third-order valence-corrected chi connectivity index (χ3v) is 3.37. The second-order valence-corrected chi connectivity index (χ2v) is 4.68. The summed E-state index contributed by atoms with van der Waals surface area (Å²) in [6.07, 6.45) is 2.59. The van der Waals surface area contributed by atoms with Gasteiger partial charge < -0.3 is 15.6 Å². The first kappa shape index (κ1) is 11.2. The normalized spacial score (nSPS) is 26.6. The van der Waals surface area contributed by atoms with Crippen LogP contribution in [-0.4, -0.2) is 40.4 Å². The molecule has 7 heteroatoms. The van der Waals surface area contributed by atoms with E-state index in [0.717, 1.165) is 11.4 Å². The van der Waals surface area contributed by atoms with E-state index in [0.29, 0.717) is 25.9 Å². The molecule has 4 N–H and O–H groups in total. The number of aromatic nitrogens is 2. The summed E-state index contributed by atoms with van der Waals surface area (Å²) in [4.78, 5) is 30.3. The lowest BCUT2D eigenvalue weighted by molar-refractivity contribution is -0.124. The molecule has 1 saturated heterocycles. The van der Waals surface area contributed by atoms with Crippen molar-refractivity contribution in [2.24, 2.45) is 0 Å². The van der Waals surface area contributed by atoms with E-state index >= 15 is 0 Å². The molecule has 0 spiro atoms. The van der Waals surface area contributed by atoms with Gasteiger partial charge in [0.2, 0.25) is 11.8 Å². The molecule has 1 fully saturated rings. The van der Waals surface area contributed by atoms with Crippen LogP contribution in [-0.2, 0) is 22.6 Å². The number of rotatable bonds is 2. The number of hydrogen-bond acceptors (Lipinski definition) is 4. The number of nitrogens with one attached hydrogen (secondary N) is 4. The number of nitrogens with zero attached hydrogens (tertiary/aromatic N) is 1. The van der Waals surface area contributed by atoms with Gasteiger partial charge in [-0.1, -0.05) is 0 Å². The number of aromatic amines is 1. The SMILES string of the molecule is O=C1CC(NC(=O)C2Cc3nc[nH]c3CN2)CN1. The molecule has 3 rings (SSSR count). The summed E-state index contributed by atoms with van der Waals surface area (Å²) < 4.78 is 0. The van der Waals surface area contributed by atoms with E-state index in [9.17, 15) is 9.59 Å². The van der Waals surface area contributed by atoms with E-state index in [-0.39, 0.29) is 23.9 Å². The van der Waals surface area contributed by atoms with Crippen molar-refractivity contribution >= 4 is 11.8 Å². The van der Waals surface area contributed by atoms with E-state index in [1.54, 1.807) is 6.33 Å². The molecule has 2 aliphatic heterocycles. The molecule has 18 heavy (non-hydrogen) atoms. The van der Waals surface area contributed by atoms with Crippen molar-refractivity contribution in [3.05, 3.63) is 17.7 Å². The Morgan fingerprint density at radius 1 is 1.44 bits per heavy atom. The van der Waals surface area contributed by atoms with Gasteiger partial charge >= 0.3 is 0 Å². The first-order chi connectivity index (χ1) is 8.72. The van der Waals surface area contributed by atoms with Gasteiger partial charge in [-0.25, -0.2) is 4.98 Å². The molecule has 2 aliphatic rings. The molecule has 1 aromatic heterocycles. The van der Waals surface area contributed by atoms with E-state index in [4.69, 9.17) is 0 Å². The third-order valence-electron chi connectivity index (χ3n) is 3.37. The minimum Gasteiger partial charge on any atom is -0.354 e. The van der Waals surface area contributed by atoms with Gasteiger partial charge in [-0.05, 0) is 0 Å². The Morgan fingerprint density at radius 2 is 2.33 bits per heavy atom. The number of H-pyrrole nitrogens is 1. The topological polar surface area (TPSA) is 98.9 Å². The van der Waals surface area contributed by atoms with Crippen molar-refractivity contribution < 1.29 is 9.59 Å². The molecule has 0 aliphatic carbocycles. The first-order valence-corrected chi connectivity index (χ1v) is 6.04. The van der Waals surface area contributed by atoms with Crippen LogP contribution in [0, 0.1) is 0 Å². The van der Waals surface area contributed by atoms with Gasteiger partial charge in [0.25, 0.3) is 0 Å². The van der Waals surface area contributed by atoms with Gasteiger partial charge in [0.05, 0.1) is 29.8 Å². The van der Waals surface area contributed by atoms with E-state index in [2.05, 4.69) is 25.9 Å². The number of carbonyl (C=O) groups excluding carboxylic acids is 2. The highest BCUT2D eigenvalue weighted by Gasteiger charge is 2.29. The standard InChI is InChI=1S/C11H15N5O2/c17-10-1-6(3-13-10)16-11(18)8-2-7-9(4-12-8)15-5-14-7/h5-6,8,12H,1-4H2,(H,13,17)(H,14,15)(H,16,18). The zero-order chi connectivity index (χ0) is 12.5. The number of amides is 2. The van der Waals surface area contributed by atoms with Crippen molar-refractivity contribution in [3.63, 3.8) is 0 Å². The van der Waals surface area contributed by atoms with E-state index < -0.39 is 0 Å². The van der Waals surface area contributed by atoms with Crippen LogP contribution in [0.3, 0.4) is 0 Å². The molecule has 96 valence electrons. The van der Waals surface area contributed by atoms with E-state index in [1.165, 1.54) is 0 Å². The molecule has 0 radical (unpaired) electrons. The highest BCUT2D eigenvalue weighted by Crippen LogP contribution is 2.12. The fourth-order valence-corrected chi connectivity index (χ4v) is 2.36. The molecule has 0 saturated carbocycles. The van der Waals surface area contributed by atoms with Crippen LogP contribution in [0.5, 0.6) is 0 Å². The molecule has 3 heterocycles. The molecule has 2 amide bonds. The summed E-state index contributed by atoms with van der Waals surface area (Å²) >= 11 is 0. The minimum absolute atomic E-state index is 0.00788. The monoisotopic (exact) mass is 249 g/mol. The van der Waals surface area contributed by atoms with Crippen molar-refractivity contribution in [2.75, 3.05) is 6.54 Å². The molecule has 2 atom stereocenters. The Labute approximate surface area is 104 Å². The Balaban J connectivity index is 1.59. The fraction of sp³-hybridized carbons (Fsp3) is 0.545. The summed E-state index contributed by atoms with van der Waals surface area (Å²) in [5.41, 5.74) is 1.98. The minimum atomic E-state index is -0.267. The Bertz CT molecular complexity index is 484. The smallest absolute Gasteiger partial charge is 0.237 e. The summed E-state index contributed by atoms with van der Waals surface area (Å²) in [6.45, 7) is 1.14. The molecule has 2 unspecified atom stereocenters. The van der Waals surface area contributed by atoms with Crippen molar-refractivity contribution in [2.45, 2.75) is 31.5 Å². The van der Waals surface area contributed by atoms with Crippen molar-refractivity contribution in [1.29, 1.82) is 0 Å². The second kappa shape index (κ2) is 4.41. The maximum absolute atomic E-state index is 12.0. The van der Waals surface area contributed by atoms with Crippen LogP contribution in [0.4, 0.5) is 0 Å². The van der Waals surface area contributed by atoms with E-state index in [1.807, 2.05) is 0 Å². The highest BCUT2D eigenvalue weighted by atomic mass is 16.2. The van der Waals surface area contributed by atoms with Gasteiger partial charge in [-0.3, -0.25) is 14.9 Å². The highest BCUT2D eigenvalue weighted by molar-refractivity contribution is 5.85. The molecular weight excluding hydrogens is 234 g/mol. The molecule has 7 nitrogen and oxygen atoms in total. The first-order valence-electron chi connectivity index (χ1n) is 6.04. The van der Waals surface area contributed by atoms with Gasteiger partial charge in [0.15, 0.2) is 0 Å². The Morgan fingerprint density at radius 3 is 3.11 bits per heavy atom. The largest absolute Gasteiger partial charge is 0.354 e. The lowest BCUT2D eigenvalue weighted by atomic mass is 10.0. The van der Waals surface area contributed by atoms with Crippen molar-refractivity contribution in [3.8, 4) is 0 Å².